The highest BCUT2D eigenvalue weighted by molar-refractivity contribution is 7.86. The van der Waals surface area contributed by atoms with Crippen LogP contribution in [-0.2, 0) is 10.1 Å². The van der Waals surface area contributed by atoms with Gasteiger partial charge in [-0.15, -0.1) is 0 Å². The summed E-state index contributed by atoms with van der Waals surface area (Å²) in [5, 5.41) is 21.1. The molecule has 1 unspecified atom stereocenters. The number of aryl methyl sites for hydroxylation is 1. The fourth-order valence-corrected chi connectivity index (χ4v) is 5.04. The molecule has 3 rings (SSSR count). The number of aromatic hydroxyl groups is 1. The molecule has 5 nitrogen and oxygen atoms in total. The van der Waals surface area contributed by atoms with E-state index in [1.165, 1.54) is 6.07 Å². The Labute approximate surface area is 196 Å². The number of phenolic OH excluding ortho intramolecular Hbond substituents is 1. The molecule has 0 fully saturated rings. The molecule has 6 heteroatoms. The molecule has 2 aromatic rings. The molecule has 2 aromatic carbocycles. The molecular weight excluding hydrogens is 436 g/mol. The maximum absolute atomic E-state index is 12.3. The van der Waals surface area contributed by atoms with Gasteiger partial charge in [-0.25, -0.2) is 0 Å². The number of allylic oxidation sites excluding steroid dienone is 3. The first kappa shape index (κ1) is 25.0. The fourth-order valence-electron chi connectivity index (χ4n) is 4.34. The molecule has 0 spiro atoms. The molecule has 176 valence electrons. The minimum atomic E-state index is -4.50. The van der Waals surface area contributed by atoms with Gasteiger partial charge in [0, 0.05) is 5.56 Å². The Morgan fingerprint density at radius 3 is 2.18 bits per heavy atom. The molecular formula is C27H32O5S. The van der Waals surface area contributed by atoms with E-state index in [0.29, 0.717) is 11.1 Å². The van der Waals surface area contributed by atoms with E-state index >= 15 is 0 Å². The van der Waals surface area contributed by atoms with Crippen LogP contribution in [0.25, 0.3) is 5.57 Å². The summed E-state index contributed by atoms with van der Waals surface area (Å²) < 4.78 is 34.6. The van der Waals surface area contributed by atoms with Gasteiger partial charge in [0.25, 0.3) is 10.1 Å². The van der Waals surface area contributed by atoms with Crippen LogP contribution in [0.4, 0.5) is 0 Å². The molecule has 1 atom stereocenters. The van der Waals surface area contributed by atoms with Gasteiger partial charge < -0.3 is 10.2 Å². The van der Waals surface area contributed by atoms with Crippen LogP contribution in [0.3, 0.4) is 0 Å². The highest BCUT2D eigenvalue weighted by Crippen LogP contribution is 2.41. The predicted molar refractivity (Wildman–Crippen MR) is 132 cm³/mol. The van der Waals surface area contributed by atoms with Crippen molar-refractivity contribution in [1.29, 1.82) is 0 Å². The van der Waals surface area contributed by atoms with Crippen LogP contribution in [-0.4, -0.2) is 29.3 Å². The second-order valence-electron chi connectivity index (χ2n) is 9.23. The van der Waals surface area contributed by atoms with Gasteiger partial charge in [0.15, 0.2) is 0 Å². The second kappa shape index (κ2) is 9.29. The molecule has 0 radical (unpaired) electrons. The van der Waals surface area contributed by atoms with Crippen molar-refractivity contribution in [3.63, 3.8) is 0 Å². The monoisotopic (exact) mass is 468 g/mol. The Hall–Kier alpha value is -2.67. The first-order chi connectivity index (χ1) is 15.3. The Morgan fingerprint density at radius 2 is 1.61 bits per heavy atom. The lowest BCUT2D eigenvalue weighted by Gasteiger charge is -2.26. The fraction of sp³-hybridized carbons (Fsp3) is 0.333. The number of rotatable bonds is 5. The lowest BCUT2D eigenvalue weighted by Crippen LogP contribution is -2.17. The van der Waals surface area contributed by atoms with E-state index in [1.54, 1.807) is 30.3 Å². The predicted octanol–water partition coefficient (Wildman–Crippen LogP) is 5.78. The van der Waals surface area contributed by atoms with Gasteiger partial charge >= 0.3 is 0 Å². The normalized spacial score (nSPS) is 18.4. The van der Waals surface area contributed by atoms with E-state index in [1.807, 2.05) is 53.7 Å². The van der Waals surface area contributed by atoms with Crippen molar-refractivity contribution in [3.05, 3.63) is 87.5 Å². The SMILES string of the molecule is CC1=CC(O)C(C(C)C)=C/C1=C(\c1cc(C(C)C)c(O)cc1C)c1ccccc1S(=O)(=O)O. The molecule has 33 heavy (non-hydrogen) atoms. The summed E-state index contributed by atoms with van der Waals surface area (Å²) >= 11 is 0. The number of hydrogen-bond acceptors (Lipinski definition) is 4. The summed E-state index contributed by atoms with van der Waals surface area (Å²) in [6.45, 7) is 11.7. The summed E-state index contributed by atoms with van der Waals surface area (Å²) in [4.78, 5) is -0.190. The van der Waals surface area contributed by atoms with Crippen molar-refractivity contribution < 1.29 is 23.2 Å². The Kier molecular flexibility index (Phi) is 7.03. The van der Waals surface area contributed by atoms with Gasteiger partial charge in [-0.2, -0.15) is 8.42 Å². The lowest BCUT2D eigenvalue weighted by molar-refractivity contribution is 0.245. The van der Waals surface area contributed by atoms with Crippen molar-refractivity contribution in [1.82, 2.24) is 0 Å². The lowest BCUT2D eigenvalue weighted by atomic mass is 9.80. The third-order valence-corrected chi connectivity index (χ3v) is 7.03. The van der Waals surface area contributed by atoms with Crippen molar-refractivity contribution in [2.75, 3.05) is 0 Å². The van der Waals surface area contributed by atoms with Crippen LogP contribution < -0.4 is 0 Å². The highest BCUT2D eigenvalue weighted by Gasteiger charge is 2.27. The van der Waals surface area contributed by atoms with Gasteiger partial charge in [0.05, 0.1) is 6.10 Å². The Bertz CT molecular complexity index is 1280. The maximum atomic E-state index is 12.3. The first-order valence-electron chi connectivity index (χ1n) is 11.1. The highest BCUT2D eigenvalue weighted by atomic mass is 32.2. The third kappa shape index (κ3) is 4.98. The second-order valence-corrected chi connectivity index (χ2v) is 10.6. The zero-order valence-corrected chi connectivity index (χ0v) is 20.7. The molecule has 0 aromatic heterocycles. The van der Waals surface area contributed by atoms with E-state index in [-0.39, 0.29) is 22.5 Å². The van der Waals surface area contributed by atoms with Gasteiger partial charge in [0.1, 0.15) is 10.6 Å². The van der Waals surface area contributed by atoms with E-state index < -0.39 is 16.2 Å². The zero-order chi connectivity index (χ0) is 24.7. The van der Waals surface area contributed by atoms with Gasteiger partial charge in [-0.1, -0.05) is 52.0 Å². The number of aliphatic hydroxyl groups excluding tert-OH is 1. The van der Waals surface area contributed by atoms with Gasteiger partial charge in [0.2, 0.25) is 0 Å². The summed E-state index contributed by atoms with van der Waals surface area (Å²) in [6, 6.07) is 9.93. The van der Waals surface area contributed by atoms with Crippen LogP contribution in [0, 0.1) is 12.8 Å². The van der Waals surface area contributed by atoms with Crippen LogP contribution in [0.15, 0.2) is 70.2 Å². The zero-order valence-electron chi connectivity index (χ0n) is 19.9. The van der Waals surface area contributed by atoms with Crippen molar-refractivity contribution in [2.45, 2.75) is 58.5 Å². The molecule has 3 N–H and O–H groups in total. The molecule has 0 saturated heterocycles. The average Bonchev–Trinajstić information content (AvgIpc) is 2.70. The van der Waals surface area contributed by atoms with Crippen molar-refractivity contribution >= 4 is 15.7 Å². The summed E-state index contributed by atoms with van der Waals surface area (Å²) in [5.41, 5.74) is 5.63. The van der Waals surface area contributed by atoms with Crippen molar-refractivity contribution in [3.8, 4) is 5.75 Å². The largest absolute Gasteiger partial charge is 0.508 e. The number of benzene rings is 2. The third-order valence-electron chi connectivity index (χ3n) is 6.12. The Balaban J connectivity index is 2.53. The summed E-state index contributed by atoms with van der Waals surface area (Å²) in [7, 11) is -4.50. The summed E-state index contributed by atoms with van der Waals surface area (Å²) in [5.74, 6) is 0.298. The number of aliphatic hydroxyl groups is 1. The quantitative estimate of drug-likeness (QED) is 0.484. The molecule has 1 aliphatic rings. The van der Waals surface area contributed by atoms with Crippen LogP contribution in [0.5, 0.6) is 5.75 Å². The summed E-state index contributed by atoms with van der Waals surface area (Å²) in [6.07, 6.45) is 2.96. The molecule has 0 amide bonds. The van der Waals surface area contributed by atoms with E-state index in [2.05, 4.69) is 0 Å². The van der Waals surface area contributed by atoms with Gasteiger partial charge in [-0.3, -0.25) is 4.55 Å². The number of hydrogen-bond donors (Lipinski definition) is 3. The first-order valence-corrected chi connectivity index (χ1v) is 12.5. The Morgan fingerprint density at radius 1 is 0.970 bits per heavy atom. The molecule has 0 saturated carbocycles. The van der Waals surface area contributed by atoms with Gasteiger partial charge in [-0.05, 0) is 88.9 Å². The smallest absolute Gasteiger partial charge is 0.295 e. The number of phenols is 1. The molecule has 0 bridgehead atoms. The standard InChI is InChI=1S/C27H32O5S/c1-15(2)20-13-22(17(5)11-24(20)28)27(19-9-7-8-10-26(19)33(30,31)32)23-14-21(16(3)4)25(29)12-18(23)6/h7-16,24,28-29H,1-6H3,(H,30,31,32)/b27-22+. The molecule has 0 heterocycles. The average molecular weight is 469 g/mol. The van der Waals surface area contributed by atoms with E-state index in [4.69, 9.17) is 0 Å². The van der Waals surface area contributed by atoms with Crippen LogP contribution in [0.2, 0.25) is 0 Å². The molecule has 1 aliphatic carbocycles. The van der Waals surface area contributed by atoms with Crippen molar-refractivity contribution in [2.24, 2.45) is 5.92 Å². The van der Waals surface area contributed by atoms with E-state index in [9.17, 15) is 23.2 Å². The minimum absolute atomic E-state index is 0.0407. The van der Waals surface area contributed by atoms with Crippen LogP contribution >= 0.6 is 0 Å². The topological polar surface area (TPSA) is 94.8 Å². The maximum Gasteiger partial charge on any atom is 0.295 e. The van der Waals surface area contributed by atoms with Crippen LogP contribution in [0.1, 0.15) is 62.8 Å². The van der Waals surface area contributed by atoms with E-state index in [0.717, 1.165) is 33.4 Å². The molecule has 0 aliphatic heterocycles. The minimum Gasteiger partial charge on any atom is -0.508 e.